The molecule has 1 aliphatic rings. The molecule has 150 valence electrons. The Bertz CT molecular complexity index is 782. The molecular weight excluding hydrogens is 403 g/mol. The van der Waals surface area contributed by atoms with Gasteiger partial charge in [-0.25, -0.2) is 9.59 Å². The fraction of sp³-hybridized carbons (Fsp3) is 0.300. The van der Waals surface area contributed by atoms with Crippen LogP contribution in [0.2, 0.25) is 10.0 Å². The van der Waals surface area contributed by atoms with Crippen LogP contribution in [0.5, 0.6) is 0 Å². The highest BCUT2D eigenvalue weighted by molar-refractivity contribution is 6.42. The van der Waals surface area contributed by atoms with Gasteiger partial charge < -0.3 is 10.2 Å². The summed E-state index contributed by atoms with van der Waals surface area (Å²) in [5.74, 6) is -3.65. The van der Waals surface area contributed by atoms with Crippen LogP contribution >= 0.6 is 23.2 Å². The minimum atomic E-state index is -1.82. The average molecular weight is 425 g/mol. The van der Waals surface area contributed by atoms with Gasteiger partial charge in [0, 0.05) is 39.3 Å². The molecule has 0 bridgehead atoms. The van der Waals surface area contributed by atoms with Gasteiger partial charge in [0.05, 0.1) is 10.0 Å². The van der Waals surface area contributed by atoms with E-state index in [0.717, 1.165) is 39.3 Å². The Hall–Kier alpha value is -2.12. The van der Waals surface area contributed by atoms with E-state index in [1.165, 1.54) is 11.1 Å². The topological polar surface area (TPSA) is 81.1 Å². The Balaban J connectivity index is 0.000000409. The maximum absolute atomic E-state index is 9.10. The van der Waals surface area contributed by atoms with E-state index in [-0.39, 0.29) is 0 Å². The summed E-state index contributed by atoms with van der Waals surface area (Å²) in [7, 11) is 0. The highest BCUT2D eigenvalue weighted by atomic mass is 35.5. The van der Waals surface area contributed by atoms with Crippen LogP contribution in [0, 0.1) is 0 Å². The second-order valence-electron chi connectivity index (χ2n) is 6.40. The maximum Gasteiger partial charge on any atom is 0.414 e. The van der Waals surface area contributed by atoms with Crippen molar-refractivity contribution in [3.63, 3.8) is 0 Å². The average Bonchev–Trinajstić information content (AvgIpc) is 2.67. The van der Waals surface area contributed by atoms with E-state index < -0.39 is 11.9 Å². The number of carboxylic acid groups (broad SMARTS) is 2. The summed E-state index contributed by atoms with van der Waals surface area (Å²) < 4.78 is 0. The second kappa shape index (κ2) is 11.0. The molecule has 1 aliphatic heterocycles. The summed E-state index contributed by atoms with van der Waals surface area (Å²) in [4.78, 5) is 23.2. The van der Waals surface area contributed by atoms with Gasteiger partial charge in [0.2, 0.25) is 0 Å². The van der Waals surface area contributed by atoms with Crippen molar-refractivity contribution in [2.45, 2.75) is 13.1 Å². The lowest BCUT2D eigenvalue weighted by Crippen LogP contribution is -2.45. The first-order chi connectivity index (χ1) is 13.3. The minimum Gasteiger partial charge on any atom is -0.473 e. The zero-order valence-corrected chi connectivity index (χ0v) is 16.7. The SMILES string of the molecule is Clc1ccc(CN2CCN(Cc3ccccc3)CC2)cc1Cl.O=C(O)C(=O)O. The number of halogens is 2. The van der Waals surface area contributed by atoms with E-state index in [1.54, 1.807) is 0 Å². The monoisotopic (exact) mass is 424 g/mol. The molecule has 2 aromatic rings. The molecule has 8 heteroatoms. The van der Waals surface area contributed by atoms with Crippen molar-refractivity contribution in [3.8, 4) is 0 Å². The molecule has 0 spiro atoms. The van der Waals surface area contributed by atoms with Crippen LogP contribution in [0.25, 0.3) is 0 Å². The van der Waals surface area contributed by atoms with Gasteiger partial charge in [0.15, 0.2) is 0 Å². The van der Waals surface area contributed by atoms with Gasteiger partial charge in [-0.15, -0.1) is 0 Å². The smallest absolute Gasteiger partial charge is 0.414 e. The molecule has 2 aromatic carbocycles. The van der Waals surface area contributed by atoms with Crippen LogP contribution < -0.4 is 0 Å². The summed E-state index contributed by atoms with van der Waals surface area (Å²) in [6.45, 7) is 6.38. The number of nitrogens with zero attached hydrogens (tertiary/aromatic N) is 2. The lowest BCUT2D eigenvalue weighted by Gasteiger charge is -2.34. The van der Waals surface area contributed by atoms with E-state index >= 15 is 0 Å². The Morgan fingerprint density at radius 2 is 1.25 bits per heavy atom. The lowest BCUT2D eigenvalue weighted by atomic mass is 10.1. The fourth-order valence-electron chi connectivity index (χ4n) is 2.84. The van der Waals surface area contributed by atoms with Crippen molar-refractivity contribution in [2.24, 2.45) is 0 Å². The molecule has 0 radical (unpaired) electrons. The molecule has 28 heavy (non-hydrogen) atoms. The van der Waals surface area contributed by atoms with E-state index in [0.29, 0.717) is 10.0 Å². The molecule has 0 unspecified atom stereocenters. The van der Waals surface area contributed by atoms with Crippen LogP contribution in [0.1, 0.15) is 11.1 Å². The molecule has 0 aliphatic carbocycles. The van der Waals surface area contributed by atoms with Crippen LogP contribution in [0.15, 0.2) is 48.5 Å². The summed E-state index contributed by atoms with van der Waals surface area (Å²) in [5.41, 5.74) is 2.62. The van der Waals surface area contributed by atoms with Crippen LogP contribution in [0.3, 0.4) is 0 Å². The Morgan fingerprint density at radius 3 is 1.71 bits per heavy atom. The first-order valence-corrected chi connectivity index (χ1v) is 9.49. The highest BCUT2D eigenvalue weighted by Gasteiger charge is 2.17. The second-order valence-corrected chi connectivity index (χ2v) is 7.21. The van der Waals surface area contributed by atoms with E-state index in [2.05, 4.69) is 46.2 Å². The molecule has 1 fully saturated rings. The maximum atomic E-state index is 9.10. The standard InChI is InChI=1S/C18H20Cl2N2.C2H2O4/c19-17-7-6-16(12-18(17)20)14-22-10-8-21(9-11-22)13-15-4-2-1-3-5-15;3-1(4)2(5)6/h1-7,12H,8-11,13-14H2;(H,3,4)(H,5,6). The molecular formula is C20H22Cl2N2O4. The number of carbonyl (C=O) groups is 2. The predicted octanol–water partition coefficient (Wildman–Crippen LogP) is 3.47. The zero-order valence-electron chi connectivity index (χ0n) is 15.2. The first kappa shape index (κ1) is 22.2. The minimum absolute atomic E-state index is 0.623. The molecule has 0 atom stereocenters. The number of rotatable bonds is 4. The van der Waals surface area contributed by atoms with Crippen molar-refractivity contribution < 1.29 is 19.8 Å². The van der Waals surface area contributed by atoms with Crippen molar-refractivity contribution in [1.82, 2.24) is 9.80 Å². The molecule has 1 saturated heterocycles. The third-order valence-corrected chi connectivity index (χ3v) is 5.03. The van der Waals surface area contributed by atoms with Crippen molar-refractivity contribution >= 4 is 35.1 Å². The fourth-order valence-corrected chi connectivity index (χ4v) is 3.16. The van der Waals surface area contributed by atoms with Gasteiger partial charge >= 0.3 is 11.9 Å². The van der Waals surface area contributed by atoms with Crippen LogP contribution in [0.4, 0.5) is 0 Å². The number of aliphatic carboxylic acids is 2. The molecule has 2 N–H and O–H groups in total. The van der Waals surface area contributed by atoms with Gasteiger partial charge in [0.1, 0.15) is 0 Å². The lowest BCUT2D eigenvalue weighted by molar-refractivity contribution is -0.159. The van der Waals surface area contributed by atoms with Gasteiger partial charge in [-0.2, -0.15) is 0 Å². The van der Waals surface area contributed by atoms with Crippen molar-refractivity contribution in [1.29, 1.82) is 0 Å². The Labute approximate surface area is 173 Å². The summed E-state index contributed by atoms with van der Waals surface area (Å²) >= 11 is 12.1. The molecule has 3 rings (SSSR count). The number of benzene rings is 2. The van der Waals surface area contributed by atoms with Crippen LogP contribution in [-0.2, 0) is 22.7 Å². The third-order valence-electron chi connectivity index (χ3n) is 4.29. The molecule has 6 nitrogen and oxygen atoms in total. The predicted molar refractivity (Wildman–Crippen MR) is 109 cm³/mol. The van der Waals surface area contributed by atoms with Crippen LogP contribution in [-0.4, -0.2) is 58.1 Å². The normalized spacial score (nSPS) is 14.8. The number of carboxylic acids is 2. The zero-order chi connectivity index (χ0) is 20.5. The molecule has 0 aromatic heterocycles. The van der Waals surface area contributed by atoms with Gasteiger partial charge in [-0.1, -0.05) is 59.6 Å². The first-order valence-electron chi connectivity index (χ1n) is 8.74. The van der Waals surface area contributed by atoms with Gasteiger partial charge in [-0.05, 0) is 23.3 Å². The number of hydrogen-bond acceptors (Lipinski definition) is 4. The number of hydrogen-bond donors (Lipinski definition) is 2. The van der Waals surface area contributed by atoms with E-state index in [9.17, 15) is 0 Å². The largest absolute Gasteiger partial charge is 0.473 e. The summed E-state index contributed by atoms with van der Waals surface area (Å²) in [6.07, 6.45) is 0. The summed E-state index contributed by atoms with van der Waals surface area (Å²) in [5, 5.41) is 16.0. The van der Waals surface area contributed by atoms with Crippen molar-refractivity contribution in [2.75, 3.05) is 26.2 Å². The molecule has 0 saturated carbocycles. The highest BCUT2D eigenvalue weighted by Crippen LogP contribution is 2.23. The Morgan fingerprint density at radius 1 is 0.750 bits per heavy atom. The van der Waals surface area contributed by atoms with E-state index in [1.807, 2.05) is 12.1 Å². The van der Waals surface area contributed by atoms with E-state index in [4.69, 9.17) is 43.0 Å². The summed E-state index contributed by atoms with van der Waals surface area (Å²) in [6, 6.07) is 16.6. The Kier molecular flexibility index (Phi) is 8.73. The van der Waals surface area contributed by atoms with Gasteiger partial charge in [-0.3, -0.25) is 9.80 Å². The number of piperazine rings is 1. The molecule has 1 heterocycles. The molecule has 0 amide bonds. The van der Waals surface area contributed by atoms with Crippen molar-refractivity contribution in [3.05, 3.63) is 69.7 Å². The third kappa shape index (κ3) is 7.48. The van der Waals surface area contributed by atoms with Gasteiger partial charge in [0.25, 0.3) is 0 Å². The quantitative estimate of drug-likeness (QED) is 0.731.